The number of rotatable bonds is 4. The number of hydrogen-bond acceptors (Lipinski definition) is 3. The Hall–Kier alpha value is -2.80. The number of nitriles is 1. The van der Waals surface area contributed by atoms with E-state index >= 15 is 0 Å². The highest BCUT2D eigenvalue weighted by Crippen LogP contribution is 2.14. The molecule has 0 aliphatic heterocycles. The first kappa shape index (κ1) is 13.6. The van der Waals surface area contributed by atoms with Crippen LogP contribution in [0.25, 0.3) is 0 Å². The largest absolute Gasteiger partial charge is 0.399 e. The molecule has 0 heterocycles. The van der Waals surface area contributed by atoms with Crippen molar-refractivity contribution in [2.75, 3.05) is 11.1 Å². The van der Waals surface area contributed by atoms with E-state index < -0.39 is 0 Å². The number of nitrogen functional groups attached to an aromatic ring is 1. The summed E-state index contributed by atoms with van der Waals surface area (Å²) in [6.07, 6.45) is 0.946. The SMILES string of the molecule is N#Cc1cccc(NC(=O)CCc2ccccc2N)c1. The summed E-state index contributed by atoms with van der Waals surface area (Å²) in [5, 5.41) is 11.6. The first-order valence-electron chi connectivity index (χ1n) is 6.32. The van der Waals surface area contributed by atoms with Crippen LogP contribution in [0.3, 0.4) is 0 Å². The van der Waals surface area contributed by atoms with Gasteiger partial charge in [0.1, 0.15) is 0 Å². The zero-order valence-electron chi connectivity index (χ0n) is 11.0. The fourth-order valence-corrected chi connectivity index (χ4v) is 1.90. The molecule has 0 aliphatic carbocycles. The van der Waals surface area contributed by atoms with Gasteiger partial charge in [-0.1, -0.05) is 24.3 Å². The maximum atomic E-state index is 11.9. The van der Waals surface area contributed by atoms with E-state index in [0.29, 0.717) is 29.8 Å². The Morgan fingerprint density at radius 2 is 2.00 bits per heavy atom. The van der Waals surface area contributed by atoms with E-state index in [2.05, 4.69) is 5.32 Å². The normalized spacial score (nSPS) is 9.75. The first-order valence-corrected chi connectivity index (χ1v) is 6.32. The van der Waals surface area contributed by atoms with Gasteiger partial charge in [0.2, 0.25) is 5.91 Å². The minimum Gasteiger partial charge on any atom is -0.399 e. The Labute approximate surface area is 117 Å². The highest BCUT2D eigenvalue weighted by molar-refractivity contribution is 5.91. The topological polar surface area (TPSA) is 78.9 Å². The number of nitrogens with two attached hydrogens (primary N) is 1. The summed E-state index contributed by atoms with van der Waals surface area (Å²) in [7, 11) is 0. The minimum absolute atomic E-state index is 0.0941. The molecule has 0 fully saturated rings. The van der Waals surface area contributed by atoms with Crippen LogP contribution in [-0.4, -0.2) is 5.91 Å². The van der Waals surface area contributed by atoms with E-state index in [1.165, 1.54) is 0 Å². The smallest absolute Gasteiger partial charge is 0.224 e. The molecule has 0 radical (unpaired) electrons. The fourth-order valence-electron chi connectivity index (χ4n) is 1.90. The summed E-state index contributed by atoms with van der Waals surface area (Å²) in [5.74, 6) is -0.0941. The number of nitrogens with zero attached hydrogens (tertiary/aromatic N) is 1. The van der Waals surface area contributed by atoms with Crippen molar-refractivity contribution in [3.05, 3.63) is 59.7 Å². The van der Waals surface area contributed by atoms with Gasteiger partial charge in [0.25, 0.3) is 0 Å². The molecule has 100 valence electrons. The van der Waals surface area contributed by atoms with Gasteiger partial charge < -0.3 is 11.1 Å². The number of nitrogens with one attached hydrogen (secondary N) is 1. The number of anilines is 2. The van der Waals surface area contributed by atoms with E-state index in [4.69, 9.17) is 11.0 Å². The van der Waals surface area contributed by atoms with Crippen LogP contribution < -0.4 is 11.1 Å². The zero-order valence-corrected chi connectivity index (χ0v) is 11.0. The summed E-state index contributed by atoms with van der Waals surface area (Å²) < 4.78 is 0. The van der Waals surface area contributed by atoms with Gasteiger partial charge in [-0.15, -0.1) is 0 Å². The van der Waals surface area contributed by atoms with Crippen LogP contribution in [-0.2, 0) is 11.2 Å². The molecule has 2 aromatic rings. The van der Waals surface area contributed by atoms with Crippen LogP contribution >= 0.6 is 0 Å². The van der Waals surface area contributed by atoms with Gasteiger partial charge in [-0.2, -0.15) is 5.26 Å². The Balaban J connectivity index is 1.93. The van der Waals surface area contributed by atoms with Crippen molar-refractivity contribution in [1.29, 1.82) is 5.26 Å². The lowest BCUT2D eigenvalue weighted by molar-refractivity contribution is -0.116. The molecule has 20 heavy (non-hydrogen) atoms. The van der Waals surface area contributed by atoms with Crippen molar-refractivity contribution in [2.45, 2.75) is 12.8 Å². The summed E-state index contributed by atoms with van der Waals surface area (Å²) >= 11 is 0. The molecule has 0 saturated carbocycles. The molecule has 0 aliphatic rings. The van der Waals surface area contributed by atoms with Crippen molar-refractivity contribution in [2.24, 2.45) is 0 Å². The molecule has 4 heteroatoms. The lowest BCUT2D eigenvalue weighted by Crippen LogP contribution is -2.12. The lowest BCUT2D eigenvalue weighted by atomic mass is 10.1. The van der Waals surface area contributed by atoms with Gasteiger partial charge in [0.05, 0.1) is 11.6 Å². The van der Waals surface area contributed by atoms with Gasteiger partial charge >= 0.3 is 0 Å². The van der Waals surface area contributed by atoms with Crippen molar-refractivity contribution in [3.8, 4) is 6.07 Å². The van der Waals surface area contributed by atoms with Gasteiger partial charge in [-0.3, -0.25) is 4.79 Å². The van der Waals surface area contributed by atoms with Gasteiger partial charge in [-0.05, 0) is 36.2 Å². The maximum absolute atomic E-state index is 11.9. The molecule has 0 spiro atoms. The van der Waals surface area contributed by atoms with Crippen molar-refractivity contribution in [1.82, 2.24) is 0 Å². The fraction of sp³-hybridized carbons (Fsp3) is 0.125. The summed E-state index contributed by atoms with van der Waals surface area (Å²) in [6.45, 7) is 0. The molecule has 0 unspecified atom stereocenters. The molecule has 0 aromatic heterocycles. The van der Waals surface area contributed by atoms with E-state index in [-0.39, 0.29) is 5.91 Å². The third-order valence-corrected chi connectivity index (χ3v) is 2.95. The van der Waals surface area contributed by atoms with Gasteiger partial charge in [0.15, 0.2) is 0 Å². The predicted octanol–water partition coefficient (Wildman–Crippen LogP) is 2.71. The second-order valence-electron chi connectivity index (χ2n) is 4.44. The Kier molecular flexibility index (Phi) is 4.35. The number of amides is 1. The van der Waals surface area contributed by atoms with Crippen molar-refractivity contribution in [3.63, 3.8) is 0 Å². The molecule has 1 amide bonds. The lowest BCUT2D eigenvalue weighted by Gasteiger charge is -2.07. The molecule has 0 bridgehead atoms. The second kappa shape index (κ2) is 6.39. The third kappa shape index (κ3) is 3.59. The van der Waals surface area contributed by atoms with E-state index in [1.807, 2.05) is 30.3 Å². The summed E-state index contributed by atoms with van der Waals surface area (Å²) in [5.41, 5.74) is 8.65. The molecular formula is C16H15N3O. The third-order valence-electron chi connectivity index (χ3n) is 2.95. The number of carbonyl (C=O) groups excluding carboxylic acids is 1. The zero-order chi connectivity index (χ0) is 14.4. The molecule has 0 saturated heterocycles. The molecular weight excluding hydrogens is 250 g/mol. The van der Waals surface area contributed by atoms with Crippen LogP contribution in [0.1, 0.15) is 17.5 Å². The van der Waals surface area contributed by atoms with Crippen LogP contribution in [0.2, 0.25) is 0 Å². The van der Waals surface area contributed by atoms with Crippen LogP contribution in [0.15, 0.2) is 48.5 Å². The predicted molar refractivity (Wildman–Crippen MR) is 79.0 cm³/mol. The minimum atomic E-state index is -0.0941. The monoisotopic (exact) mass is 265 g/mol. The standard InChI is InChI=1S/C16H15N3O/c17-11-12-4-3-6-14(10-12)19-16(20)9-8-13-5-1-2-7-15(13)18/h1-7,10H,8-9,18H2,(H,19,20). The molecule has 4 nitrogen and oxygen atoms in total. The van der Waals surface area contributed by atoms with E-state index in [0.717, 1.165) is 5.56 Å². The first-order chi connectivity index (χ1) is 9.69. The molecule has 2 rings (SSSR count). The maximum Gasteiger partial charge on any atom is 0.224 e. The average molecular weight is 265 g/mol. The summed E-state index contributed by atoms with van der Waals surface area (Å²) in [6, 6.07) is 16.4. The van der Waals surface area contributed by atoms with E-state index in [1.54, 1.807) is 24.3 Å². The average Bonchev–Trinajstić information content (AvgIpc) is 2.46. The number of para-hydroxylation sites is 1. The summed E-state index contributed by atoms with van der Waals surface area (Å²) in [4.78, 5) is 11.9. The van der Waals surface area contributed by atoms with Crippen LogP contribution in [0, 0.1) is 11.3 Å². The van der Waals surface area contributed by atoms with Gasteiger partial charge in [-0.25, -0.2) is 0 Å². The van der Waals surface area contributed by atoms with Crippen LogP contribution in [0.5, 0.6) is 0 Å². The quantitative estimate of drug-likeness (QED) is 0.834. The highest BCUT2D eigenvalue weighted by Gasteiger charge is 2.05. The highest BCUT2D eigenvalue weighted by atomic mass is 16.1. The Morgan fingerprint density at radius 1 is 1.20 bits per heavy atom. The Morgan fingerprint density at radius 3 is 2.75 bits per heavy atom. The number of aryl methyl sites for hydroxylation is 1. The number of carbonyl (C=O) groups is 1. The van der Waals surface area contributed by atoms with E-state index in [9.17, 15) is 4.79 Å². The Bertz CT molecular complexity index is 659. The molecule has 3 N–H and O–H groups in total. The molecule has 2 aromatic carbocycles. The van der Waals surface area contributed by atoms with Crippen LogP contribution in [0.4, 0.5) is 11.4 Å². The second-order valence-corrected chi connectivity index (χ2v) is 4.44. The number of benzene rings is 2. The van der Waals surface area contributed by atoms with Gasteiger partial charge in [0, 0.05) is 17.8 Å². The molecule has 0 atom stereocenters. The van der Waals surface area contributed by atoms with Crippen molar-refractivity contribution >= 4 is 17.3 Å². The van der Waals surface area contributed by atoms with Crippen molar-refractivity contribution < 1.29 is 4.79 Å². The number of hydrogen-bond donors (Lipinski definition) is 2.